The van der Waals surface area contributed by atoms with E-state index in [1.54, 1.807) is 8.61 Å². The largest absolute Gasteiger partial charge is 0.318 e. The molecule has 0 amide bonds. The van der Waals surface area contributed by atoms with Gasteiger partial charge in [0.1, 0.15) is 0 Å². The number of piperidine rings is 1. The van der Waals surface area contributed by atoms with Crippen LogP contribution in [0.5, 0.6) is 0 Å². The molecule has 1 saturated heterocycles. The number of hydrogen-bond acceptors (Lipinski definition) is 3. The summed E-state index contributed by atoms with van der Waals surface area (Å²) in [4.78, 5) is 0. The number of nitrogens with one attached hydrogen (secondary N) is 1. The van der Waals surface area contributed by atoms with Gasteiger partial charge in [0.15, 0.2) is 0 Å². The lowest BCUT2D eigenvalue weighted by Gasteiger charge is -2.37. The fraction of sp³-hybridized carbons (Fsp3) is 1.00. The van der Waals surface area contributed by atoms with Crippen molar-refractivity contribution in [3.05, 3.63) is 0 Å². The Hall–Kier alpha value is -0.170. The van der Waals surface area contributed by atoms with Crippen LogP contribution in [0.4, 0.5) is 0 Å². The van der Waals surface area contributed by atoms with Crippen LogP contribution in [0.2, 0.25) is 0 Å². The second-order valence-electron chi connectivity index (χ2n) is 5.26. The zero-order valence-corrected chi connectivity index (χ0v) is 12.2. The van der Waals surface area contributed by atoms with E-state index in [9.17, 15) is 8.42 Å². The molecule has 1 atom stereocenters. The maximum atomic E-state index is 12.7. The number of hydrogen-bond donors (Lipinski definition) is 1. The van der Waals surface area contributed by atoms with Crippen molar-refractivity contribution in [1.29, 1.82) is 0 Å². The minimum absolute atomic E-state index is 0.126. The van der Waals surface area contributed by atoms with E-state index in [0.29, 0.717) is 13.1 Å². The van der Waals surface area contributed by atoms with Crippen molar-refractivity contribution < 1.29 is 8.42 Å². The molecule has 5 nitrogen and oxygen atoms in total. The molecule has 1 unspecified atom stereocenters. The smallest absolute Gasteiger partial charge is 0.282 e. The van der Waals surface area contributed by atoms with Crippen LogP contribution in [0.1, 0.15) is 39.0 Å². The van der Waals surface area contributed by atoms with Crippen molar-refractivity contribution in [2.24, 2.45) is 0 Å². The van der Waals surface area contributed by atoms with Gasteiger partial charge in [-0.3, -0.25) is 0 Å². The molecule has 1 saturated carbocycles. The first-order chi connectivity index (χ1) is 8.61. The van der Waals surface area contributed by atoms with Crippen molar-refractivity contribution in [2.75, 3.05) is 26.7 Å². The van der Waals surface area contributed by atoms with Crippen molar-refractivity contribution in [3.8, 4) is 0 Å². The van der Waals surface area contributed by atoms with Crippen LogP contribution in [-0.4, -0.2) is 55.8 Å². The summed E-state index contributed by atoms with van der Waals surface area (Å²) in [6.45, 7) is 3.96. The molecular formula is C12H25N3O2S. The zero-order chi connectivity index (χ0) is 13.2. The summed E-state index contributed by atoms with van der Waals surface area (Å²) in [5.74, 6) is 0. The Morgan fingerprint density at radius 1 is 1.28 bits per heavy atom. The zero-order valence-electron chi connectivity index (χ0n) is 11.4. The molecule has 18 heavy (non-hydrogen) atoms. The molecule has 0 aromatic rings. The molecule has 1 N–H and O–H groups in total. The lowest BCUT2D eigenvalue weighted by molar-refractivity contribution is 0.228. The topological polar surface area (TPSA) is 52.7 Å². The van der Waals surface area contributed by atoms with Crippen molar-refractivity contribution in [3.63, 3.8) is 0 Å². The second-order valence-corrected chi connectivity index (χ2v) is 7.09. The van der Waals surface area contributed by atoms with Gasteiger partial charge < -0.3 is 5.32 Å². The summed E-state index contributed by atoms with van der Waals surface area (Å²) in [6, 6.07) is 0.388. The Morgan fingerprint density at radius 3 is 2.56 bits per heavy atom. The van der Waals surface area contributed by atoms with E-state index in [2.05, 4.69) is 5.32 Å². The standard InChI is InChI=1S/C12H25N3O2S/c1-3-14(11-7-8-11)18(16,17)15-9-5-4-6-12(15)10-13-2/h11-13H,3-10H2,1-2H3. The van der Waals surface area contributed by atoms with E-state index in [1.807, 2.05) is 14.0 Å². The van der Waals surface area contributed by atoms with Crippen molar-refractivity contribution in [2.45, 2.75) is 51.1 Å². The van der Waals surface area contributed by atoms with Crippen molar-refractivity contribution >= 4 is 10.2 Å². The predicted octanol–water partition coefficient (Wildman–Crippen LogP) is 0.789. The Balaban J connectivity index is 2.14. The lowest BCUT2D eigenvalue weighted by atomic mass is 10.1. The Morgan fingerprint density at radius 2 is 2.00 bits per heavy atom. The van der Waals surface area contributed by atoms with Gasteiger partial charge in [-0.15, -0.1) is 0 Å². The lowest BCUT2D eigenvalue weighted by Crippen LogP contribution is -2.53. The first-order valence-corrected chi connectivity index (χ1v) is 8.44. The van der Waals surface area contributed by atoms with Crippen molar-refractivity contribution in [1.82, 2.24) is 13.9 Å². The number of likely N-dealkylation sites (N-methyl/N-ethyl adjacent to an activating group) is 1. The van der Waals surface area contributed by atoms with Gasteiger partial charge in [-0.05, 0) is 32.7 Å². The van der Waals surface area contributed by atoms with E-state index in [4.69, 9.17) is 0 Å². The van der Waals surface area contributed by atoms with E-state index >= 15 is 0 Å². The summed E-state index contributed by atoms with van der Waals surface area (Å²) in [5.41, 5.74) is 0. The third-order valence-electron chi connectivity index (χ3n) is 3.87. The Kier molecular flexibility index (Phi) is 4.64. The van der Waals surface area contributed by atoms with E-state index in [-0.39, 0.29) is 12.1 Å². The van der Waals surface area contributed by atoms with Gasteiger partial charge in [0.2, 0.25) is 0 Å². The summed E-state index contributed by atoms with van der Waals surface area (Å²) in [6.07, 6.45) is 5.15. The molecule has 0 bridgehead atoms. The maximum absolute atomic E-state index is 12.7. The van der Waals surface area contributed by atoms with E-state index < -0.39 is 10.2 Å². The fourth-order valence-electron chi connectivity index (χ4n) is 2.82. The fourth-order valence-corrected chi connectivity index (χ4v) is 4.92. The van der Waals surface area contributed by atoms with Gasteiger partial charge in [-0.2, -0.15) is 17.0 Å². The van der Waals surface area contributed by atoms with Crippen LogP contribution >= 0.6 is 0 Å². The van der Waals surface area contributed by atoms with Gasteiger partial charge in [-0.1, -0.05) is 13.3 Å². The third kappa shape index (κ3) is 2.87. The Bertz CT molecular complexity index is 366. The molecular weight excluding hydrogens is 250 g/mol. The van der Waals surface area contributed by atoms with Gasteiger partial charge in [-0.25, -0.2) is 0 Å². The highest BCUT2D eigenvalue weighted by Crippen LogP contribution is 2.32. The molecule has 0 radical (unpaired) electrons. The second kappa shape index (κ2) is 5.86. The molecule has 0 aromatic carbocycles. The summed E-state index contributed by atoms with van der Waals surface area (Å²) >= 11 is 0. The monoisotopic (exact) mass is 275 g/mol. The molecule has 106 valence electrons. The summed E-state index contributed by atoms with van der Waals surface area (Å²) in [5, 5.41) is 3.12. The van der Waals surface area contributed by atoms with Crippen LogP contribution in [0.25, 0.3) is 0 Å². The van der Waals surface area contributed by atoms with Gasteiger partial charge in [0.05, 0.1) is 0 Å². The molecule has 1 heterocycles. The molecule has 1 aliphatic carbocycles. The Labute approximate surface area is 111 Å². The minimum Gasteiger partial charge on any atom is -0.318 e. The normalized spacial score (nSPS) is 26.7. The quantitative estimate of drug-likeness (QED) is 0.780. The van der Waals surface area contributed by atoms with Crippen LogP contribution < -0.4 is 5.32 Å². The molecule has 0 aromatic heterocycles. The minimum atomic E-state index is -3.26. The average Bonchev–Trinajstić information content (AvgIpc) is 3.15. The van der Waals surface area contributed by atoms with Gasteiger partial charge in [0, 0.05) is 31.7 Å². The number of rotatable bonds is 6. The molecule has 2 fully saturated rings. The molecule has 1 aliphatic heterocycles. The molecule has 6 heteroatoms. The first-order valence-electron chi connectivity index (χ1n) is 7.04. The average molecular weight is 275 g/mol. The van der Waals surface area contributed by atoms with Crippen LogP contribution in [0.15, 0.2) is 0 Å². The predicted molar refractivity (Wildman–Crippen MR) is 72.6 cm³/mol. The van der Waals surface area contributed by atoms with E-state index in [1.165, 1.54) is 0 Å². The first kappa shape index (κ1) is 14.2. The highest BCUT2D eigenvalue weighted by molar-refractivity contribution is 7.86. The highest BCUT2D eigenvalue weighted by atomic mass is 32.2. The summed E-state index contributed by atoms with van der Waals surface area (Å²) < 4.78 is 28.8. The maximum Gasteiger partial charge on any atom is 0.282 e. The molecule has 2 aliphatic rings. The SMILES string of the molecule is CCN(C1CC1)S(=O)(=O)N1CCCCC1CNC. The molecule has 0 spiro atoms. The van der Waals surface area contributed by atoms with Crippen LogP contribution in [-0.2, 0) is 10.2 Å². The van der Waals surface area contributed by atoms with Crippen LogP contribution in [0.3, 0.4) is 0 Å². The van der Waals surface area contributed by atoms with Crippen LogP contribution in [0, 0.1) is 0 Å². The third-order valence-corrected chi connectivity index (χ3v) is 6.09. The molecule has 2 rings (SSSR count). The highest BCUT2D eigenvalue weighted by Gasteiger charge is 2.42. The van der Waals surface area contributed by atoms with Gasteiger partial charge in [0.25, 0.3) is 10.2 Å². The van der Waals surface area contributed by atoms with Gasteiger partial charge >= 0.3 is 0 Å². The summed E-state index contributed by atoms with van der Waals surface area (Å²) in [7, 11) is -1.37. The number of nitrogens with zero attached hydrogens (tertiary/aromatic N) is 2. The van der Waals surface area contributed by atoms with E-state index in [0.717, 1.165) is 38.6 Å².